The third-order valence-corrected chi connectivity index (χ3v) is 5.70. The van der Waals surface area contributed by atoms with Crippen LogP contribution in [0.1, 0.15) is 31.7 Å². The number of carbonyl (C=O) groups is 1. The number of rotatable bonds is 5. The molecule has 1 N–H and O–H groups in total. The van der Waals surface area contributed by atoms with Gasteiger partial charge in [0.25, 0.3) is 0 Å². The summed E-state index contributed by atoms with van der Waals surface area (Å²) in [7, 11) is 1.94. The number of piperidine rings is 1. The topological polar surface area (TPSA) is 93.8 Å². The Labute approximate surface area is 168 Å². The maximum Gasteiger partial charge on any atom is 0.228 e. The van der Waals surface area contributed by atoms with Crippen molar-refractivity contribution < 1.29 is 4.79 Å². The smallest absolute Gasteiger partial charge is 0.228 e. The van der Waals surface area contributed by atoms with Gasteiger partial charge in [-0.15, -0.1) is 10.2 Å². The molecule has 3 aromatic heterocycles. The van der Waals surface area contributed by atoms with E-state index in [0.29, 0.717) is 0 Å². The van der Waals surface area contributed by atoms with Gasteiger partial charge in [0.2, 0.25) is 5.91 Å². The van der Waals surface area contributed by atoms with Crippen molar-refractivity contribution in [3.05, 3.63) is 36.8 Å². The predicted octanol–water partition coefficient (Wildman–Crippen LogP) is 2.26. The standard InChI is InChI=1S/C20H24N8O/c1-26-13-10-21-19(26)16-4-5-18(25-24-16)27-11-7-15(8-12-27)28-17(6-9-22-28)23-20(29)14-2-3-14/h4-6,9-10,13-15H,2-3,7-8,11-12H2,1H3,(H,23,29). The quantitative estimate of drug-likeness (QED) is 0.716. The van der Waals surface area contributed by atoms with Gasteiger partial charge < -0.3 is 14.8 Å². The Balaban J connectivity index is 1.22. The highest BCUT2D eigenvalue weighted by atomic mass is 16.2. The summed E-state index contributed by atoms with van der Waals surface area (Å²) in [5, 5.41) is 16.3. The molecule has 2 fully saturated rings. The Kier molecular flexibility index (Phi) is 4.49. The van der Waals surface area contributed by atoms with Crippen molar-refractivity contribution in [3.8, 4) is 11.5 Å². The first-order valence-corrected chi connectivity index (χ1v) is 10.1. The van der Waals surface area contributed by atoms with Crippen LogP contribution < -0.4 is 10.2 Å². The second kappa shape index (κ2) is 7.31. The Morgan fingerprint density at radius 2 is 1.90 bits per heavy atom. The first-order valence-electron chi connectivity index (χ1n) is 10.1. The molecule has 0 radical (unpaired) electrons. The van der Waals surface area contributed by atoms with Crippen molar-refractivity contribution in [2.45, 2.75) is 31.7 Å². The van der Waals surface area contributed by atoms with Crippen LogP contribution >= 0.6 is 0 Å². The normalized spacial score (nSPS) is 17.5. The molecule has 4 heterocycles. The number of carbonyl (C=O) groups excluding carboxylic acids is 1. The fourth-order valence-corrected chi connectivity index (χ4v) is 3.84. The van der Waals surface area contributed by atoms with Crippen molar-refractivity contribution in [2.75, 3.05) is 23.3 Å². The molecule has 1 amide bonds. The number of aromatic nitrogens is 6. The molecule has 29 heavy (non-hydrogen) atoms. The van der Waals surface area contributed by atoms with Crippen molar-refractivity contribution in [1.29, 1.82) is 0 Å². The van der Waals surface area contributed by atoms with Gasteiger partial charge in [-0.25, -0.2) is 9.67 Å². The molecule has 9 heteroatoms. The molecule has 0 atom stereocenters. The average molecular weight is 392 g/mol. The minimum atomic E-state index is 0.118. The molecule has 9 nitrogen and oxygen atoms in total. The zero-order valence-electron chi connectivity index (χ0n) is 16.4. The highest BCUT2D eigenvalue weighted by Crippen LogP contribution is 2.32. The van der Waals surface area contributed by atoms with E-state index in [1.807, 2.05) is 40.7 Å². The summed E-state index contributed by atoms with van der Waals surface area (Å²) in [5.41, 5.74) is 0.767. The van der Waals surface area contributed by atoms with E-state index in [9.17, 15) is 4.79 Å². The van der Waals surface area contributed by atoms with E-state index in [1.165, 1.54) is 0 Å². The Hall–Kier alpha value is -3.23. The van der Waals surface area contributed by atoms with Gasteiger partial charge in [-0.2, -0.15) is 5.10 Å². The zero-order chi connectivity index (χ0) is 19.8. The SMILES string of the molecule is Cn1ccnc1-c1ccc(N2CCC(n3nccc3NC(=O)C3CC3)CC2)nn1. The first kappa shape index (κ1) is 17.8. The lowest BCUT2D eigenvalue weighted by Gasteiger charge is -2.33. The molecule has 5 rings (SSSR count). The van der Waals surface area contributed by atoms with Crippen LogP contribution in [-0.4, -0.2) is 48.5 Å². The third-order valence-electron chi connectivity index (χ3n) is 5.70. The highest BCUT2D eigenvalue weighted by Gasteiger charge is 2.31. The maximum absolute atomic E-state index is 12.1. The van der Waals surface area contributed by atoms with Crippen LogP contribution in [0.5, 0.6) is 0 Å². The molecule has 1 aliphatic heterocycles. The fourth-order valence-electron chi connectivity index (χ4n) is 3.84. The van der Waals surface area contributed by atoms with Gasteiger partial charge in [-0.05, 0) is 37.8 Å². The molecule has 0 unspecified atom stereocenters. The number of hydrogen-bond acceptors (Lipinski definition) is 6. The van der Waals surface area contributed by atoms with Gasteiger partial charge in [0.1, 0.15) is 11.5 Å². The molecule has 3 aromatic rings. The van der Waals surface area contributed by atoms with E-state index >= 15 is 0 Å². The monoisotopic (exact) mass is 392 g/mol. The summed E-state index contributed by atoms with van der Waals surface area (Å²) in [5.74, 6) is 2.80. The lowest BCUT2D eigenvalue weighted by Crippen LogP contribution is -2.36. The van der Waals surface area contributed by atoms with Gasteiger partial charge >= 0.3 is 0 Å². The van der Waals surface area contributed by atoms with Gasteiger partial charge in [0.05, 0.1) is 12.2 Å². The van der Waals surface area contributed by atoms with Crippen LogP contribution in [0.25, 0.3) is 11.5 Å². The number of imidazole rings is 1. The molecule has 1 saturated carbocycles. The average Bonchev–Trinajstić information content (AvgIpc) is 3.37. The number of hydrogen-bond donors (Lipinski definition) is 1. The molecule has 2 aliphatic rings. The predicted molar refractivity (Wildman–Crippen MR) is 108 cm³/mol. The Morgan fingerprint density at radius 3 is 2.55 bits per heavy atom. The summed E-state index contributed by atoms with van der Waals surface area (Å²) >= 11 is 0. The van der Waals surface area contributed by atoms with E-state index in [4.69, 9.17) is 0 Å². The minimum Gasteiger partial charge on any atom is -0.355 e. The lowest BCUT2D eigenvalue weighted by atomic mass is 10.1. The molecule has 0 bridgehead atoms. The van der Waals surface area contributed by atoms with E-state index < -0.39 is 0 Å². The van der Waals surface area contributed by atoms with Crippen LogP contribution in [0.2, 0.25) is 0 Å². The van der Waals surface area contributed by atoms with E-state index in [-0.39, 0.29) is 17.9 Å². The molecule has 1 aliphatic carbocycles. The van der Waals surface area contributed by atoms with Gasteiger partial charge in [0, 0.05) is 44.5 Å². The Bertz CT molecular complexity index is 996. The summed E-state index contributed by atoms with van der Waals surface area (Å²) in [6.07, 6.45) is 9.29. The third kappa shape index (κ3) is 3.59. The summed E-state index contributed by atoms with van der Waals surface area (Å²) in [6.45, 7) is 1.74. The van der Waals surface area contributed by atoms with Crippen LogP contribution in [-0.2, 0) is 11.8 Å². The number of amides is 1. The summed E-state index contributed by atoms with van der Waals surface area (Å²) < 4.78 is 3.90. The largest absolute Gasteiger partial charge is 0.355 e. The molecular weight excluding hydrogens is 368 g/mol. The van der Waals surface area contributed by atoms with E-state index in [2.05, 4.69) is 30.5 Å². The van der Waals surface area contributed by atoms with Crippen LogP contribution in [0, 0.1) is 5.92 Å². The van der Waals surface area contributed by atoms with E-state index in [0.717, 1.165) is 61.9 Å². The molecule has 0 aromatic carbocycles. The van der Waals surface area contributed by atoms with E-state index in [1.54, 1.807) is 12.4 Å². The lowest BCUT2D eigenvalue weighted by molar-refractivity contribution is -0.117. The van der Waals surface area contributed by atoms with Crippen LogP contribution in [0.4, 0.5) is 11.6 Å². The van der Waals surface area contributed by atoms with Crippen LogP contribution in [0.15, 0.2) is 36.8 Å². The summed E-state index contributed by atoms with van der Waals surface area (Å²) in [6, 6.07) is 6.13. The second-order valence-electron chi connectivity index (χ2n) is 7.78. The van der Waals surface area contributed by atoms with Crippen molar-refractivity contribution in [3.63, 3.8) is 0 Å². The Morgan fingerprint density at radius 1 is 1.07 bits per heavy atom. The number of aryl methyl sites for hydroxylation is 1. The first-order chi connectivity index (χ1) is 14.2. The van der Waals surface area contributed by atoms with Gasteiger partial charge in [0.15, 0.2) is 11.6 Å². The van der Waals surface area contributed by atoms with Crippen molar-refractivity contribution in [2.24, 2.45) is 13.0 Å². The number of anilines is 2. The molecule has 0 spiro atoms. The number of nitrogens with one attached hydrogen (secondary N) is 1. The second-order valence-corrected chi connectivity index (χ2v) is 7.78. The van der Waals surface area contributed by atoms with Crippen LogP contribution in [0.3, 0.4) is 0 Å². The number of nitrogens with zero attached hydrogens (tertiary/aromatic N) is 7. The zero-order valence-corrected chi connectivity index (χ0v) is 16.4. The maximum atomic E-state index is 12.1. The van der Waals surface area contributed by atoms with Gasteiger partial charge in [-0.3, -0.25) is 4.79 Å². The fraction of sp³-hybridized carbons (Fsp3) is 0.450. The highest BCUT2D eigenvalue weighted by molar-refractivity contribution is 5.93. The molecular formula is C20H24N8O. The van der Waals surface area contributed by atoms with Crippen molar-refractivity contribution >= 4 is 17.5 Å². The van der Waals surface area contributed by atoms with Gasteiger partial charge in [-0.1, -0.05) is 0 Å². The molecule has 1 saturated heterocycles. The minimum absolute atomic E-state index is 0.118. The summed E-state index contributed by atoms with van der Waals surface area (Å²) in [4.78, 5) is 18.7. The van der Waals surface area contributed by atoms with Crippen molar-refractivity contribution in [1.82, 2.24) is 29.5 Å². The molecule has 150 valence electrons.